The van der Waals surface area contributed by atoms with E-state index in [0.29, 0.717) is 6.42 Å². The van der Waals surface area contributed by atoms with Gasteiger partial charge in [0.05, 0.1) is 13.2 Å². The van der Waals surface area contributed by atoms with Crippen molar-refractivity contribution in [3.63, 3.8) is 0 Å². The Bertz CT molecular complexity index is 1000. The lowest BCUT2D eigenvalue weighted by Gasteiger charge is -2.44. The fourth-order valence-corrected chi connectivity index (χ4v) is 7.16. The van der Waals surface area contributed by atoms with E-state index in [1.807, 2.05) is 0 Å². The van der Waals surface area contributed by atoms with Crippen molar-refractivity contribution in [2.75, 3.05) is 20.0 Å². The molecule has 19 nitrogen and oxygen atoms in total. The normalized spacial score (nSPS) is 25.5. The van der Waals surface area contributed by atoms with Crippen LogP contribution < -0.4 is 0 Å². The second kappa shape index (κ2) is 23.2. The third-order valence-electron chi connectivity index (χ3n) is 7.39. The highest BCUT2D eigenvalue weighted by Crippen LogP contribution is 2.51. The Labute approximate surface area is 279 Å². The van der Waals surface area contributed by atoms with Crippen molar-refractivity contribution in [3.05, 3.63) is 0 Å². The van der Waals surface area contributed by atoms with E-state index in [4.69, 9.17) is 43.2 Å². The molecule has 1 aliphatic carbocycles. The summed E-state index contributed by atoms with van der Waals surface area (Å²) in [7, 11) is -16.4. The summed E-state index contributed by atoms with van der Waals surface area (Å²) < 4.78 is 63.4. The largest absolute Gasteiger partial charge is 0.472 e. The zero-order chi connectivity index (χ0) is 36.4. The summed E-state index contributed by atoms with van der Waals surface area (Å²) in [5.41, 5.74) is 0. The van der Waals surface area contributed by atoms with E-state index < -0.39 is 92.2 Å². The SMILES string of the molecule is CCCCCCCCCCCCCCCC(=O)O[C@H](COCO)COP(=O)(O)OC1C(O)[C@H](OP(=O)(O)O)C(O)C(OP(=O)(O)O)[C@@H]1O. The van der Waals surface area contributed by atoms with Crippen LogP contribution in [0, 0.1) is 0 Å². The van der Waals surface area contributed by atoms with E-state index in [1.54, 1.807) is 0 Å². The monoisotopic (exact) mass is 762 g/mol. The number of phosphoric acid groups is 3. The van der Waals surface area contributed by atoms with Crippen LogP contribution >= 0.6 is 23.5 Å². The third-order valence-corrected chi connectivity index (χ3v) is 9.42. The van der Waals surface area contributed by atoms with Gasteiger partial charge in [0.1, 0.15) is 49.5 Å². The van der Waals surface area contributed by atoms with Crippen LogP contribution in [0.2, 0.25) is 0 Å². The second-order valence-electron chi connectivity index (χ2n) is 11.5. The van der Waals surface area contributed by atoms with E-state index in [9.17, 15) is 38.7 Å². The quantitative estimate of drug-likeness (QED) is 0.0250. The lowest BCUT2D eigenvalue weighted by molar-refractivity contribution is -0.213. The topological polar surface area (TPSA) is 306 Å². The number of hydrogen-bond donors (Lipinski definition) is 9. The molecule has 0 bridgehead atoms. The predicted molar refractivity (Wildman–Crippen MR) is 166 cm³/mol. The van der Waals surface area contributed by atoms with Gasteiger partial charge in [-0.05, 0) is 6.42 Å². The number of carbonyl (C=O) groups is 1. The summed E-state index contributed by atoms with van der Waals surface area (Å²) in [6.07, 6.45) is -1.74. The molecule has 0 spiro atoms. The molecule has 286 valence electrons. The van der Waals surface area contributed by atoms with Crippen LogP contribution in [0.15, 0.2) is 0 Å². The van der Waals surface area contributed by atoms with Crippen LogP contribution in [-0.2, 0) is 46.1 Å². The maximum atomic E-state index is 12.7. The van der Waals surface area contributed by atoms with Crippen molar-refractivity contribution in [2.45, 2.75) is 140 Å². The van der Waals surface area contributed by atoms with Crippen LogP contribution in [0.25, 0.3) is 0 Å². The molecule has 0 amide bonds. The minimum Gasteiger partial charge on any atom is -0.457 e. The fourth-order valence-electron chi connectivity index (χ4n) is 5.05. The molecule has 0 saturated heterocycles. The van der Waals surface area contributed by atoms with E-state index in [1.165, 1.54) is 51.4 Å². The number of phosphoric ester groups is 3. The Morgan fingerprint density at radius 1 is 0.625 bits per heavy atom. The van der Waals surface area contributed by atoms with Crippen molar-refractivity contribution in [1.82, 2.24) is 0 Å². The molecule has 0 aromatic heterocycles. The lowest BCUT2D eigenvalue weighted by atomic mass is 9.85. The van der Waals surface area contributed by atoms with Gasteiger partial charge >= 0.3 is 29.4 Å². The first-order chi connectivity index (χ1) is 22.4. The van der Waals surface area contributed by atoms with Crippen molar-refractivity contribution >= 4 is 29.4 Å². The summed E-state index contributed by atoms with van der Waals surface area (Å²) in [5.74, 6) is -0.691. The standard InChI is InChI=1S/C26H53O19P3/c1-2-3-4-5-6-7-8-9-10-11-12-13-14-15-20(28)42-19(16-40-18-27)17-41-48(38,39)45-26-22(30)24(43-46(32,33)34)21(29)25(23(26)31)44-47(35,36)37/h19,21-27,29-31H,2-18H2,1H3,(H,38,39)(H2,32,33,34)(H2,35,36,37)/t19-,21?,22+,23?,24?,25-,26?/m1/s1. The van der Waals surface area contributed by atoms with Crippen molar-refractivity contribution in [2.24, 2.45) is 0 Å². The minimum absolute atomic E-state index is 0.0192. The van der Waals surface area contributed by atoms with Crippen LogP contribution in [0.1, 0.15) is 96.8 Å². The molecular weight excluding hydrogens is 709 g/mol. The van der Waals surface area contributed by atoms with Crippen molar-refractivity contribution < 1.29 is 91.0 Å². The molecule has 48 heavy (non-hydrogen) atoms. The molecule has 0 heterocycles. The number of rotatable bonds is 27. The van der Waals surface area contributed by atoms with Gasteiger partial charge in [-0.15, -0.1) is 0 Å². The maximum Gasteiger partial charge on any atom is 0.472 e. The van der Waals surface area contributed by atoms with Gasteiger partial charge in [0.25, 0.3) is 0 Å². The summed E-state index contributed by atoms with van der Waals surface area (Å²) in [4.78, 5) is 59.1. The first-order valence-electron chi connectivity index (χ1n) is 16.0. The molecule has 1 fully saturated rings. The van der Waals surface area contributed by atoms with Crippen molar-refractivity contribution in [1.29, 1.82) is 0 Å². The highest BCUT2D eigenvalue weighted by atomic mass is 31.2. The number of ether oxygens (including phenoxy) is 2. The molecule has 0 aromatic carbocycles. The minimum atomic E-state index is -5.51. The van der Waals surface area contributed by atoms with Gasteiger partial charge in [0.15, 0.2) is 0 Å². The number of unbranched alkanes of at least 4 members (excludes halogenated alkanes) is 12. The van der Waals surface area contributed by atoms with Crippen LogP contribution in [0.5, 0.6) is 0 Å². The summed E-state index contributed by atoms with van der Waals surface area (Å²) in [6.45, 7) is 0.0212. The number of aliphatic hydroxyl groups is 4. The third kappa shape index (κ3) is 19.8. The van der Waals surface area contributed by atoms with Crippen LogP contribution in [-0.4, -0.2) is 114 Å². The fraction of sp³-hybridized carbons (Fsp3) is 0.962. The first kappa shape index (κ1) is 45.6. The molecule has 5 unspecified atom stereocenters. The Kier molecular flexibility index (Phi) is 22.1. The van der Waals surface area contributed by atoms with Gasteiger partial charge in [-0.2, -0.15) is 0 Å². The zero-order valence-electron chi connectivity index (χ0n) is 27.0. The lowest BCUT2D eigenvalue weighted by Crippen LogP contribution is -2.65. The Hall–Kier alpha value is -0.400. The second-order valence-corrected chi connectivity index (χ2v) is 15.3. The molecule has 22 heteroatoms. The van der Waals surface area contributed by atoms with Gasteiger partial charge in [0.2, 0.25) is 0 Å². The molecule has 9 N–H and O–H groups in total. The van der Waals surface area contributed by atoms with E-state index in [0.717, 1.165) is 25.7 Å². The first-order valence-corrected chi connectivity index (χ1v) is 20.5. The van der Waals surface area contributed by atoms with Gasteiger partial charge in [-0.25, -0.2) is 13.7 Å². The highest BCUT2D eigenvalue weighted by Gasteiger charge is 2.56. The van der Waals surface area contributed by atoms with Gasteiger partial charge < -0.3 is 54.4 Å². The summed E-state index contributed by atoms with van der Waals surface area (Å²) in [5, 5.41) is 40.2. The van der Waals surface area contributed by atoms with Gasteiger partial charge in [-0.3, -0.25) is 22.9 Å². The van der Waals surface area contributed by atoms with E-state index in [2.05, 4.69) is 16.0 Å². The average molecular weight is 763 g/mol. The molecule has 0 aromatic rings. The van der Waals surface area contributed by atoms with E-state index in [-0.39, 0.29) is 6.42 Å². The molecular formula is C26H53O19P3. The summed E-state index contributed by atoms with van der Waals surface area (Å²) in [6, 6.07) is 0. The Morgan fingerprint density at radius 3 is 1.42 bits per heavy atom. The van der Waals surface area contributed by atoms with Gasteiger partial charge in [-0.1, -0.05) is 84.0 Å². The molecule has 1 aliphatic rings. The molecule has 1 saturated carbocycles. The molecule has 8 atom stereocenters. The van der Waals surface area contributed by atoms with Crippen LogP contribution in [0.4, 0.5) is 0 Å². The van der Waals surface area contributed by atoms with Crippen LogP contribution in [0.3, 0.4) is 0 Å². The zero-order valence-corrected chi connectivity index (χ0v) is 29.7. The number of aliphatic hydroxyl groups excluding tert-OH is 4. The van der Waals surface area contributed by atoms with Crippen molar-refractivity contribution in [3.8, 4) is 0 Å². The number of esters is 1. The maximum absolute atomic E-state index is 12.7. The predicted octanol–water partition coefficient (Wildman–Crippen LogP) is 1.90. The average Bonchev–Trinajstić information content (AvgIpc) is 2.98. The smallest absolute Gasteiger partial charge is 0.457 e. The summed E-state index contributed by atoms with van der Waals surface area (Å²) >= 11 is 0. The molecule has 0 aliphatic heterocycles. The Balaban J connectivity index is 2.64. The number of hydrogen-bond acceptors (Lipinski definition) is 14. The molecule has 0 radical (unpaired) electrons. The molecule has 1 rings (SSSR count). The number of carbonyl (C=O) groups excluding carboxylic acids is 1. The van der Waals surface area contributed by atoms with Gasteiger partial charge in [0, 0.05) is 6.42 Å². The highest BCUT2D eigenvalue weighted by molar-refractivity contribution is 7.47. The Morgan fingerprint density at radius 2 is 1.02 bits per heavy atom. The van der Waals surface area contributed by atoms with E-state index >= 15 is 0 Å².